The van der Waals surface area contributed by atoms with Crippen LogP contribution >= 0.6 is 0 Å². The second-order valence-electron chi connectivity index (χ2n) is 5.09. The highest BCUT2D eigenvalue weighted by Crippen LogP contribution is 2.38. The molecule has 0 spiro atoms. The zero-order valence-corrected chi connectivity index (χ0v) is 11.1. The number of carboxylic acids is 1. The Balaban J connectivity index is 2.67. The van der Waals surface area contributed by atoms with E-state index in [9.17, 15) is 9.59 Å². The van der Waals surface area contributed by atoms with E-state index in [1.807, 2.05) is 13.8 Å². The number of aliphatic hydroxyl groups excluding tert-OH is 1. The number of aliphatic carboxylic acids is 1. The number of hydrogen-bond donors (Lipinski definition) is 3. The molecule has 1 aliphatic rings. The largest absolute Gasteiger partial charge is 0.481 e. The number of rotatable bonds is 6. The summed E-state index contributed by atoms with van der Waals surface area (Å²) >= 11 is 0. The molecule has 18 heavy (non-hydrogen) atoms. The fourth-order valence-corrected chi connectivity index (χ4v) is 2.62. The second-order valence-corrected chi connectivity index (χ2v) is 5.09. The van der Waals surface area contributed by atoms with Crippen molar-refractivity contribution in [1.29, 1.82) is 0 Å². The van der Waals surface area contributed by atoms with Gasteiger partial charge >= 0.3 is 5.97 Å². The Hall–Kier alpha value is -1.10. The van der Waals surface area contributed by atoms with Gasteiger partial charge < -0.3 is 15.5 Å². The lowest BCUT2D eigenvalue weighted by molar-refractivity contribution is -0.146. The molecule has 0 bridgehead atoms. The molecule has 0 aliphatic heterocycles. The van der Waals surface area contributed by atoms with Gasteiger partial charge in [0.1, 0.15) is 0 Å². The van der Waals surface area contributed by atoms with Crippen molar-refractivity contribution in [1.82, 2.24) is 5.32 Å². The molecule has 1 unspecified atom stereocenters. The molecule has 0 heterocycles. The molecule has 1 rings (SSSR count). The molecule has 0 aromatic carbocycles. The normalized spacial score (nSPS) is 28.9. The van der Waals surface area contributed by atoms with E-state index < -0.39 is 17.8 Å². The van der Waals surface area contributed by atoms with Crippen LogP contribution in [-0.4, -0.2) is 34.7 Å². The highest BCUT2D eigenvalue weighted by Gasteiger charge is 2.42. The van der Waals surface area contributed by atoms with Crippen molar-refractivity contribution in [3.8, 4) is 0 Å². The molecule has 5 nitrogen and oxygen atoms in total. The van der Waals surface area contributed by atoms with Gasteiger partial charge in [-0.2, -0.15) is 0 Å². The van der Waals surface area contributed by atoms with Crippen molar-refractivity contribution in [3.63, 3.8) is 0 Å². The first-order chi connectivity index (χ1) is 8.53. The molecular weight excluding hydrogens is 234 g/mol. The fraction of sp³-hybridized carbons (Fsp3) is 0.846. The number of carbonyl (C=O) groups excluding carboxylic acids is 1. The van der Waals surface area contributed by atoms with Crippen LogP contribution in [0.2, 0.25) is 0 Å². The molecule has 0 aromatic heterocycles. The van der Waals surface area contributed by atoms with Gasteiger partial charge in [0.2, 0.25) is 5.91 Å². The number of hydrogen-bond acceptors (Lipinski definition) is 3. The van der Waals surface area contributed by atoms with Crippen LogP contribution in [-0.2, 0) is 9.59 Å². The van der Waals surface area contributed by atoms with E-state index in [-0.39, 0.29) is 18.6 Å². The Morgan fingerprint density at radius 1 is 1.28 bits per heavy atom. The van der Waals surface area contributed by atoms with E-state index in [4.69, 9.17) is 10.2 Å². The van der Waals surface area contributed by atoms with Crippen molar-refractivity contribution in [2.24, 2.45) is 17.8 Å². The maximum absolute atomic E-state index is 12.1. The average Bonchev–Trinajstić information content (AvgIpc) is 2.80. The van der Waals surface area contributed by atoms with Crippen LogP contribution in [0.15, 0.2) is 0 Å². The summed E-state index contributed by atoms with van der Waals surface area (Å²) in [7, 11) is 0. The minimum atomic E-state index is -0.886. The van der Waals surface area contributed by atoms with E-state index in [0.717, 1.165) is 6.42 Å². The van der Waals surface area contributed by atoms with Gasteiger partial charge in [0, 0.05) is 0 Å². The average molecular weight is 257 g/mol. The minimum Gasteiger partial charge on any atom is -0.481 e. The molecular formula is C13H23NO4. The van der Waals surface area contributed by atoms with E-state index in [1.54, 1.807) is 0 Å². The van der Waals surface area contributed by atoms with E-state index in [1.165, 1.54) is 0 Å². The van der Waals surface area contributed by atoms with Gasteiger partial charge in [-0.1, -0.05) is 20.3 Å². The molecule has 0 radical (unpaired) electrons. The van der Waals surface area contributed by atoms with E-state index in [2.05, 4.69) is 5.32 Å². The standard InChI is InChI=1S/C13H23NO4/c1-3-8-5-10(11(6-8)13(17)18)12(16)14-9(4-2)7-15/h8-11,15H,3-7H2,1-2H3,(H,14,16)(H,17,18)/t8?,9-,10+,11-/m1/s1. The summed E-state index contributed by atoms with van der Waals surface area (Å²) in [6, 6.07) is -0.271. The van der Waals surface area contributed by atoms with E-state index in [0.29, 0.717) is 25.2 Å². The number of carbonyl (C=O) groups is 2. The van der Waals surface area contributed by atoms with E-state index >= 15 is 0 Å². The van der Waals surface area contributed by atoms with Crippen LogP contribution in [0.4, 0.5) is 0 Å². The monoisotopic (exact) mass is 257 g/mol. The Labute approximate surface area is 108 Å². The molecule has 1 aliphatic carbocycles. The fourth-order valence-electron chi connectivity index (χ4n) is 2.62. The van der Waals surface area contributed by atoms with Crippen LogP contribution < -0.4 is 5.32 Å². The molecule has 3 N–H and O–H groups in total. The highest BCUT2D eigenvalue weighted by molar-refractivity contribution is 5.85. The van der Waals surface area contributed by atoms with Crippen LogP contribution in [0.3, 0.4) is 0 Å². The van der Waals surface area contributed by atoms with Crippen molar-refractivity contribution < 1.29 is 19.8 Å². The Morgan fingerprint density at radius 2 is 1.89 bits per heavy atom. The summed E-state index contributed by atoms with van der Waals surface area (Å²) in [6.07, 6.45) is 2.77. The molecule has 1 fully saturated rings. The third-order valence-corrected chi connectivity index (χ3v) is 3.95. The Bertz CT molecular complexity index is 301. The maximum Gasteiger partial charge on any atom is 0.307 e. The van der Waals surface area contributed by atoms with Gasteiger partial charge in [0.25, 0.3) is 0 Å². The Morgan fingerprint density at radius 3 is 2.33 bits per heavy atom. The first kappa shape index (κ1) is 15.0. The SMILES string of the molecule is CCC1C[C@H](C(=O)N[C@H](CC)CO)[C@H](C(=O)O)C1. The zero-order chi connectivity index (χ0) is 13.7. The molecule has 0 aromatic rings. The van der Waals surface area contributed by atoms with Crippen molar-refractivity contribution in [2.75, 3.05) is 6.61 Å². The molecule has 5 heteroatoms. The molecule has 4 atom stereocenters. The number of amides is 1. The lowest BCUT2D eigenvalue weighted by Crippen LogP contribution is -2.42. The van der Waals surface area contributed by atoms with Gasteiger partial charge in [-0.3, -0.25) is 9.59 Å². The number of aliphatic hydroxyl groups is 1. The summed E-state index contributed by atoms with van der Waals surface area (Å²) in [4.78, 5) is 23.2. The number of nitrogens with one attached hydrogen (secondary N) is 1. The minimum absolute atomic E-state index is 0.107. The lowest BCUT2D eigenvalue weighted by Gasteiger charge is -2.20. The lowest BCUT2D eigenvalue weighted by atomic mass is 9.95. The summed E-state index contributed by atoms with van der Waals surface area (Å²) in [5.41, 5.74) is 0. The van der Waals surface area contributed by atoms with Crippen LogP contribution in [0, 0.1) is 17.8 Å². The molecule has 1 amide bonds. The predicted molar refractivity (Wildman–Crippen MR) is 66.9 cm³/mol. The first-order valence-corrected chi connectivity index (χ1v) is 6.67. The molecule has 1 saturated carbocycles. The summed E-state index contributed by atoms with van der Waals surface area (Å²) in [6.45, 7) is 3.79. The van der Waals surface area contributed by atoms with Crippen molar-refractivity contribution in [2.45, 2.75) is 45.6 Å². The predicted octanol–water partition coefficient (Wildman–Crippen LogP) is 1.01. The van der Waals surface area contributed by atoms with Gasteiger partial charge in [-0.05, 0) is 25.2 Å². The van der Waals surface area contributed by atoms with Crippen molar-refractivity contribution in [3.05, 3.63) is 0 Å². The highest BCUT2D eigenvalue weighted by atomic mass is 16.4. The smallest absolute Gasteiger partial charge is 0.307 e. The van der Waals surface area contributed by atoms with Gasteiger partial charge in [-0.15, -0.1) is 0 Å². The topological polar surface area (TPSA) is 86.6 Å². The van der Waals surface area contributed by atoms with Gasteiger partial charge in [0.15, 0.2) is 0 Å². The number of carboxylic acid groups (broad SMARTS) is 1. The third-order valence-electron chi connectivity index (χ3n) is 3.95. The molecule has 0 saturated heterocycles. The van der Waals surface area contributed by atoms with Gasteiger partial charge in [0.05, 0.1) is 24.5 Å². The third kappa shape index (κ3) is 3.45. The first-order valence-electron chi connectivity index (χ1n) is 6.67. The Kier molecular flexibility index (Phi) is 5.59. The summed E-state index contributed by atoms with van der Waals surface area (Å²) < 4.78 is 0. The van der Waals surface area contributed by atoms with Crippen molar-refractivity contribution >= 4 is 11.9 Å². The summed E-state index contributed by atoms with van der Waals surface area (Å²) in [5, 5.41) is 21.0. The maximum atomic E-state index is 12.1. The van der Waals surface area contributed by atoms with Crippen LogP contribution in [0.25, 0.3) is 0 Å². The van der Waals surface area contributed by atoms with Gasteiger partial charge in [-0.25, -0.2) is 0 Å². The second kappa shape index (κ2) is 6.73. The van der Waals surface area contributed by atoms with Crippen LogP contribution in [0.5, 0.6) is 0 Å². The molecule has 104 valence electrons. The van der Waals surface area contributed by atoms with Crippen LogP contribution in [0.1, 0.15) is 39.5 Å². The zero-order valence-electron chi connectivity index (χ0n) is 11.1. The quantitative estimate of drug-likeness (QED) is 0.663. The summed E-state index contributed by atoms with van der Waals surface area (Å²) in [5.74, 6) is -1.82.